The molecule has 0 N–H and O–H groups in total. The Kier molecular flexibility index (Phi) is 4.89. The number of benzene rings is 3. The lowest BCUT2D eigenvalue weighted by atomic mass is 10.1. The van der Waals surface area contributed by atoms with Crippen molar-refractivity contribution in [2.45, 2.75) is 0 Å². The summed E-state index contributed by atoms with van der Waals surface area (Å²) in [7, 11) is 0. The Morgan fingerprint density at radius 3 is 1.93 bits per heavy atom. The molecule has 3 aromatic carbocycles. The molecule has 0 aliphatic carbocycles. The average Bonchev–Trinajstić information content (AvgIpc) is 2.68. The summed E-state index contributed by atoms with van der Waals surface area (Å²) < 4.78 is 5.25. The number of nitro benzene ring substituents is 2. The molecule has 0 radical (unpaired) electrons. The van der Waals surface area contributed by atoms with Crippen LogP contribution >= 0.6 is 0 Å². The fraction of sp³-hybridized carbons (Fsp3) is 0. The van der Waals surface area contributed by atoms with Crippen molar-refractivity contribution in [1.29, 1.82) is 0 Å². The third-order valence-electron chi connectivity index (χ3n) is 3.71. The van der Waals surface area contributed by atoms with E-state index < -0.39 is 27.2 Å². The van der Waals surface area contributed by atoms with Crippen LogP contribution in [0.1, 0.15) is 10.4 Å². The summed E-state index contributed by atoms with van der Waals surface area (Å²) in [6.07, 6.45) is 0. The van der Waals surface area contributed by atoms with Crippen LogP contribution in [-0.2, 0) is 0 Å². The van der Waals surface area contributed by atoms with Gasteiger partial charge >= 0.3 is 5.97 Å². The molecule has 0 fully saturated rings. The van der Waals surface area contributed by atoms with Crippen molar-refractivity contribution in [2.75, 3.05) is 0 Å². The van der Waals surface area contributed by atoms with Crippen LogP contribution in [0.4, 0.5) is 11.4 Å². The minimum absolute atomic E-state index is 0.218. The molecule has 0 saturated heterocycles. The lowest BCUT2D eigenvalue weighted by Crippen LogP contribution is -2.09. The van der Waals surface area contributed by atoms with E-state index in [9.17, 15) is 25.0 Å². The number of non-ortho nitro benzene ring substituents is 2. The van der Waals surface area contributed by atoms with Crippen LogP contribution in [0, 0.1) is 20.2 Å². The predicted molar refractivity (Wildman–Crippen MR) is 96.6 cm³/mol. The Morgan fingerprint density at radius 2 is 1.33 bits per heavy atom. The number of esters is 1. The van der Waals surface area contributed by atoms with E-state index in [-0.39, 0.29) is 11.3 Å². The van der Waals surface area contributed by atoms with Crippen LogP contribution < -0.4 is 4.74 Å². The third-order valence-corrected chi connectivity index (χ3v) is 3.71. The van der Waals surface area contributed by atoms with E-state index >= 15 is 0 Å². The highest BCUT2D eigenvalue weighted by molar-refractivity contribution is 5.92. The Balaban J connectivity index is 1.90. The summed E-state index contributed by atoms with van der Waals surface area (Å²) in [6, 6.07) is 18.8. The van der Waals surface area contributed by atoms with Gasteiger partial charge in [-0.25, -0.2) is 4.79 Å². The number of nitro groups is 2. The minimum atomic E-state index is -0.924. The van der Waals surface area contributed by atoms with Gasteiger partial charge in [-0.2, -0.15) is 0 Å². The SMILES string of the molecule is O=C(Oc1cccc(-c2ccccc2)c1)c1cc([N+](=O)[O-])cc([N+](=O)[O-])c1. The molecule has 0 unspecified atom stereocenters. The Bertz CT molecular complexity index is 1000. The molecule has 0 spiro atoms. The molecule has 0 aromatic heterocycles. The van der Waals surface area contributed by atoms with Gasteiger partial charge in [-0.15, -0.1) is 0 Å². The third kappa shape index (κ3) is 4.13. The molecule has 0 aliphatic rings. The summed E-state index contributed by atoms with van der Waals surface area (Å²) in [4.78, 5) is 32.6. The van der Waals surface area contributed by atoms with Gasteiger partial charge in [0.2, 0.25) is 0 Å². The second-order valence-corrected chi connectivity index (χ2v) is 5.54. The van der Waals surface area contributed by atoms with Crippen LogP contribution in [0.2, 0.25) is 0 Å². The summed E-state index contributed by atoms with van der Waals surface area (Å²) in [6.45, 7) is 0. The highest BCUT2D eigenvalue weighted by Gasteiger charge is 2.21. The van der Waals surface area contributed by atoms with Gasteiger partial charge in [-0.1, -0.05) is 42.5 Å². The Hall–Kier alpha value is -4.07. The van der Waals surface area contributed by atoms with Crippen molar-refractivity contribution < 1.29 is 19.4 Å². The van der Waals surface area contributed by atoms with Crippen LogP contribution in [-0.4, -0.2) is 15.8 Å². The number of carbonyl (C=O) groups excluding carboxylic acids is 1. The van der Waals surface area contributed by atoms with Crippen molar-refractivity contribution in [2.24, 2.45) is 0 Å². The van der Waals surface area contributed by atoms with E-state index in [1.165, 1.54) is 0 Å². The normalized spacial score (nSPS) is 10.2. The largest absolute Gasteiger partial charge is 0.423 e. The van der Waals surface area contributed by atoms with Gasteiger partial charge in [0.25, 0.3) is 11.4 Å². The van der Waals surface area contributed by atoms with E-state index in [0.29, 0.717) is 0 Å². The van der Waals surface area contributed by atoms with Crippen molar-refractivity contribution in [3.8, 4) is 16.9 Å². The topological polar surface area (TPSA) is 113 Å². The van der Waals surface area contributed by atoms with Crippen LogP contribution in [0.5, 0.6) is 5.75 Å². The number of hydrogen-bond acceptors (Lipinski definition) is 6. The maximum atomic E-state index is 12.3. The van der Waals surface area contributed by atoms with Gasteiger partial charge in [-0.05, 0) is 23.3 Å². The van der Waals surface area contributed by atoms with Gasteiger partial charge < -0.3 is 4.74 Å². The first kappa shape index (κ1) is 17.7. The van der Waals surface area contributed by atoms with E-state index in [4.69, 9.17) is 4.74 Å². The number of rotatable bonds is 5. The highest BCUT2D eigenvalue weighted by atomic mass is 16.6. The van der Waals surface area contributed by atoms with Crippen molar-refractivity contribution in [3.63, 3.8) is 0 Å². The zero-order valence-electron chi connectivity index (χ0n) is 13.8. The quantitative estimate of drug-likeness (QED) is 0.287. The van der Waals surface area contributed by atoms with Gasteiger partial charge in [0.15, 0.2) is 0 Å². The van der Waals surface area contributed by atoms with Crippen molar-refractivity contribution in [1.82, 2.24) is 0 Å². The fourth-order valence-electron chi connectivity index (χ4n) is 2.46. The molecular weight excluding hydrogens is 352 g/mol. The van der Waals surface area contributed by atoms with Crippen molar-refractivity contribution in [3.05, 3.63) is 98.6 Å². The molecule has 0 atom stereocenters. The summed E-state index contributed by atoms with van der Waals surface area (Å²) in [5.74, 6) is -0.706. The first-order valence-corrected chi connectivity index (χ1v) is 7.75. The Morgan fingerprint density at radius 1 is 0.741 bits per heavy atom. The van der Waals surface area contributed by atoms with Gasteiger partial charge in [0.1, 0.15) is 5.75 Å². The van der Waals surface area contributed by atoms with Crippen LogP contribution in [0.15, 0.2) is 72.8 Å². The van der Waals surface area contributed by atoms with E-state index in [1.807, 2.05) is 36.4 Å². The smallest absolute Gasteiger partial charge is 0.344 e. The maximum Gasteiger partial charge on any atom is 0.344 e. The fourth-order valence-corrected chi connectivity index (χ4v) is 2.46. The highest BCUT2D eigenvalue weighted by Crippen LogP contribution is 2.26. The molecule has 3 rings (SSSR count). The molecule has 0 amide bonds. The molecule has 0 heterocycles. The van der Waals surface area contributed by atoms with E-state index in [0.717, 1.165) is 29.3 Å². The van der Waals surface area contributed by atoms with Crippen molar-refractivity contribution >= 4 is 17.3 Å². The summed E-state index contributed by atoms with van der Waals surface area (Å²) in [5.41, 5.74) is 0.330. The number of carbonyl (C=O) groups is 1. The van der Waals surface area contributed by atoms with E-state index in [1.54, 1.807) is 18.2 Å². The molecule has 134 valence electrons. The average molecular weight is 364 g/mol. The summed E-state index contributed by atoms with van der Waals surface area (Å²) in [5, 5.41) is 21.9. The lowest BCUT2D eigenvalue weighted by Gasteiger charge is -2.07. The molecule has 27 heavy (non-hydrogen) atoms. The van der Waals surface area contributed by atoms with Gasteiger partial charge in [-0.3, -0.25) is 20.2 Å². The first-order chi connectivity index (χ1) is 12.9. The molecule has 3 aromatic rings. The molecule has 0 bridgehead atoms. The minimum Gasteiger partial charge on any atom is -0.423 e. The monoisotopic (exact) mass is 364 g/mol. The van der Waals surface area contributed by atoms with Gasteiger partial charge in [0, 0.05) is 12.1 Å². The number of ether oxygens (including phenoxy) is 1. The maximum absolute atomic E-state index is 12.3. The predicted octanol–water partition coefficient (Wildman–Crippen LogP) is 4.39. The molecule has 8 heteroatoms. The number of nitrogens with zero attached hydrogens (tertiary/aromatic N) is 2. The Labute approximate surface area is 152 Å². The molecule has 0 aliphatic heterocycles. The summed E-state index contributed by atoms with van der Waals surface area (Å²) >= 11 is 0. The zero-order valence-corrected chi connectivity index (χ0v) is 13.8. The lowest BCUT2D eigenvalue weighted by molar-refractivity contribution is -0.394. The van der Waals surface area contributed by atoms with Gasteiger partial charge in [0.05, 0.1) is 21.5 Å². The zero-order chi connectivity index (χ0) is 19.4. The first-order valence-electron chi connectivity index (χ1n) is 7.75. The van der Waals surface area contributed by atoms with E-state index in [2.05, 4.69) is 0 Å². The molecule has 8 nitrogen and oxygen atoms in total. The number of hydrogen-bond donors (Lipinski definition) is 0. The molecule has 0 saturated carbocycles. The second-order valence-electron chi connectivity index (χ2n) is 5.54. The molecular formula is C19H12N2O6. The van der Waals surface area contributed by atoms with Crippen LogP contribution in [0.25, 0.3) is 11.1 Å². The standard InChI is InChI=1S/C19H12N2O6/c22-19(15-9-16(20(23)24)12-17(10-15)21(25)26)27-18-8-4-7-14(11-18)13-5-2-1-3-6-13/h1-12H. The van der Waals surface area contributed by atoms with Crippen LogP contribution in [0.3, 0.4) is 0 Å². The second kappa shape index (κ2) is 7.44.